The first kappa shape index (κ1) is 13.0. The van der Waals surface area contributed by atoms with Gasteiger partial charge in [-0.3, -0.25) is 10.1 Å². The van der Waals surface area contributed by atoms with Gasteiger partial charge >= 0.3 is 5.97 Å². The number of ether oxygens (including phenoxy) is 1. The molecule has 1 fully saturated rings. The number of thioether (sulfide) groups is 1. The van der Waals surface area contributed by atoms with E-state index in [1.54, 1.807) is 18.2 Å². The first-order chi connectivity index (χ1) is 8.61. The van der Waals surface area contributed by atoms with E-state index in [-0.39, 0.29) is 11.1 Å². The van der Waals surface area contributed by atoms with Crippen LogP contribution in [0.5, 0.6) is 11.5 Å². The lowest BCUT2D eigenvalue weighted by Crippen LogP contribution is -2.33. The maximum absolute atomic E-state index is 10.9. The van der Waals surface area contributed by atoms with Gasteiger partial charge in [0.15, 0.2) is 11.5 Å². The molecule has 1 saturated heterocycles. The Morgan fingerprint density at radius 1 is 1.61 bits per heavy atom. The molecule has 2 rings (SSSR count). The summed E-state index contributed by atoms with van der Waals surface area (Å²) >= 11 is 1.54. The van der Waals surface area contributed by atoms with E-state index >= 15 is 0 Å². The van der Waals surface area contributed by atoms with Crippen LogP contribution in [0.1, 0.15) is 17.9 Å². The predicted octanol–water partition coefficient (Wildman–Crippen LogP) is 1.58. The Kier molecular flexibility index (Phi) is 3.98. The van der Waals surface area contributed by atoms with Gasteiger partial charge < -0.3 is 14.9 Å². The van der Waals surface area contributed by atoms with Crippen LogP contribution in [0.3, 0.4) is 0 Å². The molecule has 0 radical (unpaired) electrons. The summed E-state index contributed by atoms with van der Waals surface area (Å²) in [5, 5.41) is 21.5. The highest BCUT2D eigenvalue weighted by atomic mass is 32.2. The van der Waals surface area contributed by atoms with Gasteiger partial charge in [-0.05, 0) is 24.6 Å². The molecule has 1 heterocycles. The third-order valence-electron chi connectivity index (χ3n) is 2.67. The number of carboxylic acids is 1. The smallest absolute Gasteiger partial charge is 0.321 e. The van der Waals surface area contributed by atoms with Crippen LogP contribution >= 0.6 is 11.8 Å². The quantitative estimate of drug-likeness (QED) is 0.770. The summed E-state index contributed by atoms with van der Waals surface area (Å²) in [6.07, 6.45) is 0. The van der Waals surface area contributed by atoms with Crippen molar-refractivity contribution in [1.29, 1.82) is 0 Å². The highest BCUT2D eigenvalue weighted by Crippen LogP contribution is 2.37. The summed E-state index contributed by atoms with van der Waals surface area (Å²) < 4.78 is 5.31. The number of nitrogens with one attached hydrogen (secondary N) is 1. The summed E-state index contributed by atoms with van der Waals surface area (Å²) in [4.78, 5) is 10.9. The van der Waals surface area contributed by atoms with Crippen molar-refractivity contribution in [1.82, 2.24) is 5.32 Å². The summed E-state index contributed by atoms with van der Waals surface area (Å²) in [6.45, 7) is 2.31. The summed E-state index contributed by atoms with van der Waals surface area (Å²) in [5.74, 6) is 0.216. The Morgan fingerprint density at radius 3 is 3.00 bits per heavy atom. The first-order valence-electron chi connectivity index (χ1n) is 5.68. The average molecular weight is 269 g/mol. The number of hydrogen-bond donors (Lipinski definition) is 3. The molecule has 1 aromatic rings. The van der Waals surface area contributed by atoms with Crippen LogP contribution in [0, 0.1) is 0 Å². The lowest BCUT2D eigenvalue weighted by molar-refractivity contribution is -0.138. The van der Waals surface area contributed by atoms with E-state index in [9.17, 15) is 9.90 Å². The molecule has 6 heteroatoms. The Labute approximate surface area is 109 Å². The van der Waals surface area contributed by atoms with E-state index in [1.807, 2.05) is 6.92 Å². The third kappa shape index (κ3) is 2.70. The van der Waals surface area contributed by atoms with Crippen LogP contribution in [0.2, 0.25) is 0 Å². The van der Waals surface area contributed by atoms with Gasteiger partial charge in [-0.25, -0.2) is 0 Å². The molecule has 0 aliphatic carbocycles. The number of benzene rings is 1. The van der Waals surface area contributed by atoms with Crippen molar-refractivity contribution < 1.29 is 19.7 Å². The molecule has 5 nitrogen and oxygen atoms in total. The second-order valence-electron chi connectivity index (χ2n) is 3.93. The fourth-order valence-electron chi connectivity index (χ4n) is 1.77. The van der Waals surface area contributed by atoms with Crippen molar-refractivity contribution in [2.45, 2.75) is 18.3 Å². The van der Waals surface area contributed by atoms with E-state index in [0.717, 1.165) is 5.56 Å². The number of aromatic hydroxyl groups is 1. The molecule has 18 heavy (non-hydrogen) atoms. The van der Waals surface area contributed by atoms with Crippen LogP contribution in [0.25, 0.3) is 0 Å². The van der Waals surface area contributed by atoms with E-state index in [2.05, 4.69) is 5.32 Å². The van der Waals surface area contributed by atoms with Crippen molar-refractivity contribution in [2.75, 3.05) is 12.4 Å². The van der Waals surface area contributed by atoms with Gasteiger partial charge in [0, 0.05) is 5.75 Å². The van der Waals surface area contributed by atoms with Crippen molar-refractivity contribution in [3.63, 3.8) is 0 Å². The van der Waals surface area contributed by atoms with Gasteiger partial charge in [0.2, 0.25) is 0 Å². The second-order valence-corrected chi connectivity index (χ2v) is 5.07. The van der Waals surface area contributed by atoms with E-state index in [4.69, 9.17) is 9.84 Å². The third-order valence-corrected chi connectivity index (χ3v) is 3.93. The normalized spacial score (nSPS) is 22.9. The number of rotatable bonds is 4. The highest BCUT2D eigenvalue weighted by Gasteiger charge is 2.30. The van der Waals surface area contributed by atoms with E-state index in [1.165, 1.54) is 11.8 Å². The van der Waals surface area contributed by atoms with Crippen molar-refractivity contribution in [3.8, 4) is 11.5 Å². The van der Waals surface area contributed by atoms with Gasteiger partial charge in [0.25, 0.3) is 0 Å². The Balaban J connectivity index is 2.14. The first-order valence-corrected chi connectivity index (χ1v) is 6.73. The summed E-state index contributed by atoms with van der Waals surface area (Å²) in [7, 11) is 0. The molecule has 3 N–H and O–H groups in total. The molecule has 1 aliphatic rings. The van der Waals surface area contributed by atoms with Gasteiger partial charge in [0.05, 0.1) is 12.0 Å². The fourth-order valence-corrected chi connectivity index (χ4v) is 2.99. The topological polar surface area (TPSA) is 78.8 Å². The average Bonchev–Trinajstić information content (AvgIpc) is 2.82. The zero-order valence-electron chi connectivity index (χ0n) is 9.92. The minimum atomic E-state index is -0.839. The maximum Gasteiger partial charge on any atom is 0.321 e. The van der Waals surface area contributed by atoms with Crippen LogP contribution in [-0.2, 0) is 4.79 Å². The predicted molar refractivity (Wildman–Crippen MR) is 69.0 cm³/mol. The van der Waals surface area contributed by atoms with Crippen LogP contribution in [0.15, 0.2) is 18.2 Å². The van der Waals surface area contributed by atoms with Crippen LogP contribution < -0.4 is 10.1 Å². The Morgan fingerprint density at radius 2 is 2.39 bits per heavy atom. The van der Waals surface area contributed by atoms with Gasteiger partial charge in [-0.15, -0.1) is 11.8 Å². The van der Waals surface area contributed by atoms with Gasteiger partial charge in [-0.1, -0.05) is 6.07 Å². The maximum atomic E-state index is 10.9. The minimum absolute atomic E-state index is 0.0779. The van der Waals surface area contributed by atoms with Crippen LogP contribution in [-0.4, -0.2) is 34.6 Å². The SMILES string of the molecule is CCOc1cc([C@@H]2N[C@H](C(=O)O)CS2)ccc1O. The number of carbonyl (C=O) groups is 1. The number of phenolic OH excluding ortho intramolecular Hbond substituents is 1. The Bertz CT molecular complexity index is 452. The van der Waals surface area contributed by atoms with Gasteiger partial charge in [0.1, 0.15) is 6.04 Å². The highest BCUT2D eigenvalue weighted by molar-refractivity contribution is 7.99. The zero-order chi connectivity index (χ0) is 13.1. The molecule has 2 atom stereocenters. The number of aliphatic carboxylic acids is 1. The van der Waals surface area contributed by atoms with Crippen molar-refractivity contribution in [2.24, 2.45) is 0 Å². The second kappa shape index (κ2) is 5.49. The molecule has 0 saturated carbocycles. The molecule has 0 unspecified atom stereocenters. The number of phenols is 1. The monoisotopic (exact) mass is 269 g/mol. The van der Waals surface area contributed by atoms with E-state index < -0.39 is 12.0 Å². The number of carboxylic acid groups (broad SMARTS) is 1. The summed E-state index contributed by atoms with van der Waals surface area (Å²) in [6, 6.07) is 4.56. The molecular formula is C12H15NO4S. The molecule has 0 bridgehead atoms. The largest absolute Gasteiger partial charge is 0.504 e. The molecule has 98 valence electrons. The van der Waals surface area contributed by atoms with Crippen molar-refractivity contribution >= 4 is 17.7 Å². The Hall–Kier alpha value is -1.40. The molecule has 1 aromatic carbocycles. The van der Waals surface area contributed by atoms with Crippen molar-refractivity contribution in [3.05, 3.63) is 23.8 Å². The lowest BCUT2D eigenvalue weighted by atomic mass is 10.2. The minimum Gasteiger partial charge on any atom is -0.504 e. The van der Waals surface area contributed by atoms with Crippen LogP contribution in [0.4, 0.5) is 0 Å². The van der Waals surface area contributed by atoms with E-state index in [0.29, 0.717) is 18.1 Å². The molecule has 0 amide bonds. The molecule has 0 spiro atoms. The molecular weight excluding hydrogens is 254 g/mol. The summed E-state index contributed by atoms with van der Waals surface area (Å²) in [5.41, 5.74) is 0.907. The van der Waals surface area contributed by atoms with Gasteiger partial charge in [-0.2, -0.15) is 0 Å². The zero-order valence-corrected chi connectivity index (χ0v) is 10.7. The number of hydrogen-bond acceptors (Lipinski definition) is 5. The lowest BCUT2D eigenvalue weighted by Gasteiger charge is -2.13. The molecule has 1 aliphatic heterocycles. The fraction of sp³-hybridized carbons (Fsp3) is 0.417. The standard InChI is InChI=1S/C12H15NO4S/c1-2-17-10-5-7(3-4-9(10)14)11-13-8(6-18-11)12(15)16/h3-5,8,11,13-14H,2,6H2,1H3,(H,15,16)/t8-,11+/m0/s1. The molecule has 0 aromatic heterocycles.